The first kappa shape index (κ1) is 28.6. The number of thiophene rings is 1. The fourth-order valence-electron chi connectivity index (χ4n) is 4.62. The maximum Gasteiger partial charge on any atom is 0.235 e. The summed E-state index contributed by atoms with van der Waals surface area (Å²) in [5.74, 6) is 1.70. The molecule has 3 aromatic rings. The molecular weight excluding hydrogens is 532 g/mol. The number of carbonyl (C=O) groups is 2. The third-order valence-corrected chi connectivity index (χ3v) is 9.27. The summed E-state index contributed by atoms with van der Waals surface area (Å²) in [5.41, 5.74) is 2.79. The Balaban J connectivity index is 1.29. The quantitative estimate of drug-likeness (QED) is 0.366. The van der Waals surface area contributed by atoms with Crippen LogP contribution in [0.4, 0.5) is 5.00 Å². The summed E-state index contributed by atoms with van der Waals surface area (Å²) in [6, 6.07) is 9.67. The molecule has 206 valence electrons. The van der Waals surface area contributed by atoms with E-state index in [0.717, 1.165) is 36.1 Å². The van der Waals surface area contributed by atoms with Crippen molar-refractivity contribution in [3.05, 3.63) is 51.7 Å². The van der Waals surface area contributed by atoms with Crippen molar-refractivity contribution in [1.29, 1.82) is 5.26 Å². The molecule has 0 fully saturated rings. The summed E-state index contributed by atoms with van der Waals surface area (Å²) in [6.45, 7) is 7.01. The Labute approximate surface area is 237 Å². The Morgan fingerprint density at radius 2 is 1.97 bits per heavy atom. The summed E-state index contributed by atoms with van der Waals surface area (Å²) in [4.78, 5) is 26.4. The number of anilines is 1. The lowest BCUT2D eigenvalue weighted by atomic mass is 9.72. The lowest BCUT2D eigenvalue weighted by Crippen LogP contribution is -2.26. The number of hydrogen-bond acceptors (Lipinski definition) is 8. The number of amides is 2. The molecule has 0 unspecified atom stereocenters. The first-order chi connectivity index (χ1) is 18.6. The number of rotatable bonds is 9. The first-order valence-corrected chi connectivity index (χ1v) is 14.6. The number of benzene rings is 1. The number of hydrogen-bond donors (Lipinski definition) is 2. The number of aromatic nitrogens is 3. The number of nitrogens with zero attached hydrogens (tertiary/aromatic N) is 4. The van der Waals surface area contributed by atoms with Gasteiger partial charge in [-0.2, -0.15) is 5.26 Å². The van der Waals surface area contributed by atoms with Crippen molar-refractivity contribution in [2.45, 2.75) is 58.2 Å². The van der Waals surface area contributed by atoms with Crippen LogP contribution in [0.5, 0.6) is 5.75 Å². The van der Waals surface area contributed by atoms with Gasteiger partial charge in [-0.1, -0.05) is 44.7 Å². The molecule has 4 rings (SSSR count). The molecule has 1 aliphatic carbocycles. The molecule has 0 aliphatic heterocycles. The van der Waals surface area contributed by atoms with Crippen molar-refractivity contribution in [3.63, 3.8) is 0 Å². The summed E-state index contributed by atoms with van der Waals surface area (Å²) in [7, 11) is 3.40. The van der Waals surface area contributed by atoms with Crippen LogP contribution in [0.1, 0.15) is 54.6 Å². The zero-order chi connectivity index (χ0) is 28.2. The smallest absolute Gasteiger partial charge is 0.235 e. The third kappa shape index (κ3) is 6.99. The van der Waals surface area contributed by atoms with Gasteiger partial charge < -0.3 is 19.9 Å². The molecule has 1 aromatic carbocycles. The Morgan fingerprint density at radius 3 is 2.64 bits per heavy atom. The van der Waals surface area contributed by atoms with Gasteiger partial charge in [0.05, 0.1) is 31.4 Å². The second-order valence-corrected chi connectivity index (χ2v) is 12.8. The second kappa shape index (κ2) is 12.2. The molecule has 2 heterocycles. The number of nitriles is 1. The van der Waals surface area contributed by atoms with E-state index in [0.29, 0.717) is 27.5 Å². The summed E-state index contributed by atoms with van der Waals surface area (Å²) >= 11 is 2.79. The topological polar surface area (TPSA) is 122 Å². The van der Waals surface area contributed by atoms with Crippen molar-refractivity contribution in [3.8, 4) is 11.8 Å². The highest BCUT2D eigenvalue weighted by molar-refractivity contribution is 7.99. The van der Waals surface area contributed by atoms with Gasteiger partial charge in [0.15, 0.2) is 11.0 Å². The van der Waals surface area contributed by atoms with Crippen LogP contribution in [0.25, 0.3) is 0 Å². The molecule has 1 atom stereocenters. The number of methoxy groups -OCH3 is 1. The average molecular weight is 567 g/mol. The van der Waals surface area contributed by atoms with Gasteiger partial charge in [0.1, 0.15) is 16.8 Å². The van der Waals surface area contributed by atoms with Crippen LogP contribution < -0.4 is 15.4 Å². The van der Waals surface area contributed by atoms with Crippen molar-refractivity contribution in [2.75, 3.05) is 18.2 Å². The highest BCUT2D eigenvalue weighted by Gasteiger charge is 2.32. The summed E-state index contributed by atoms with van der Waals surface area (Å²) < 4.78 is 6.91. The van der Waals surface area contributed by atoms with Gasteiger partial charge in [0.2, 0.25) is 11.8 Å². The van der Waals surface area contributed by atoms with Gasteiger partial charge in [-0.05, 0) is 53.9 Å². The van der Waals surface area contributed by atoms with E-state index in [1.807, 2.05) is 24.3 Å². The molecule has 0 spiro atoms. The van der Waals surface area contributed by atoms with E-state index in [2.05, 4.69) is 47.7 Å². The molecule has 9 nitrogen and oxygen atoms in total. The fourth-order valence-corrected chi connectivity index (χ4v) is 6.64. The van der Waals surface area contributed by atoms with Gasteiger partial charge in [-0.15, -0.1) is 21.5 Å². The number of nitrogens with one attached hydrogen (secondary N) is 2. The van der Waals surface area contributed by atoms with Crippen molar-refractivity contribution >= 4 is 39.9 Å². The van der Waals surface area contributed by atoms with Crippen LogP contribution in [0.15, 0.2) is 29.4 Å². The molecule has 0 radical (unpaired) electrons. The Hall–Kier alpha value is -3.36. The van der Waals surface area contributed by atoms with Crippen LogP contribution in [0, 0.1) is 22.7 Å². The number of thioether (sulfide) groups is 1. The lowest BCUT2D eigenvalue weighted by molar-refractivity contribution is -0.120. The van der Waals surface area contributed by atoms with Crippen molar-refractivity contribution < 1.29 is 14.3 Å². The monoisotopic (exact) mass is 566 g/mol. The standard InChI is InChI=1S/C28H34N6O3S2/c1-28(2,3)18-8-11-20-21(14-29)26(39-22(20)13-18)31-25(36)16-38-27-33-32-23(34(27)4)15-30-24(35)12-17-6-9-19(37-5)10-7-17/h6-7,9-10,18H,8,11-13,15-16H2,1-5H3,(H,30,35)(H,31,36)/t18-/m0/s1. The summed E-state index contributed by atoms with van der Waals surface area (Å²) in [5, 5.41) is 25.2. The molecule has 0 saturated carbocycles. The van der Waals surface area contributed by atoms with Gasteiger partial charge in [0.25, 0.3) is 0 Å². The van der Waals surface area contributed by atoms with Gasteiger partial charge >= 0.3 is 0 Å². The van der Waals surface area contributed by atoms with Crippen LogP contribution in [0.2, 0.25) is 0 Å². The van der Waals surface area contributed by atoms with Crippen LogP contribution in [-0.2, 0) is 42.4 Å². The predicted octanol–water partition coefficient (Wildman–Crippen LogP) is 4.50. The van der Waals surface area contributed by atoms with E-state index in [9.17, 15) is 14.9 Å². The minimum Gasteiger partial charge on any atom is -0.497 e. The summed E-state index contributed by atoms with van der Waals surface area (Å²) in [6.07, 6.45) is 3.12. The number of ether oxygens (including phenoxy) is 1. The second-order valence-electron chi connectivity index (χ2n) is 10.7. The maximum absolute atomic E-state index is 12.8. The molecule has 11 heteroatoms. The Bertz CT molecular complexity index is 1380. The normalized spacial score (nSPS) is 14.8. The largest absolute Gasteiger partial charge is 0.497 e. The molecule has 0 saturated heterocycles. The number of fused-ring (bicyclic) bond motifs is 1. The zero-order valence-electron chi connectivity index (χ0n) is 23.0. The Morgan fingerprint density at radius 1 is 1.23 bits per heavy atom. The highest BCUT2D eigenvalue weighted by Crippen LogP contribution is 2.44. The molecular formula is C28H34N6O3S2. The Kier molecular flexibility index (Phi) is 8.97. The van der Waals surface area contributed by atoms with E-state index in [1.54, 1.807) is 18.7 Å². The van der Waals surface area contributed by atoms with Crippen LogP contribution in [-0.4, -0.2) is 39.4 Å². The van der Waals surface area contributed by atoms with E-state index in [1.165, 1.54) is 28.0 Å². The zero-order valence-corrected chi connectivity index (χ0v) is 24.6. The minimum absolute atomic E-state index is 0.127. The molecule has 0 bridgehead atoms. The van der Waals surface area contributed by atoms with Crippen molar-refractivity contribution in [2.24, 2.45) is 18.4 Å². The van der Waals surface area contributed by atoms with E-state index >= 15 is 0 Å². The highest BCUT2D eigenvalue weighted by atomic mass is 32.2. The average Bonchev–Trinajstić information content (AvgIpc) is 3.44. The molecule has 39 heavy (non-hydrogen) atoms. The van der Waals surface area contributed by atoms with E-state index in [-0.39, 0.29) is 35.9 Å². The number of carbonyl (C=O) groups excluding carboxylic acids is 2. The predicted molar refractivity (Wildman–Crippen MR) is 153 cm³/mol. The van der Waals surface area contributed by atoms with Crippen LogP contribution in [0.3, 0.4) is 0 Å². The van der Waals surface area contributed by atoms with Crippen LogP contribution >= 0.6 is 23.1 Å². The fraction of sp³-hybridized carbons (Fsp3) is 0.464. The minimum atomic E-state index is -0.195. The van der Waals surface area contributed by atoms with Crippen molar-refractivity contribution in [1.82, 2.24) is 20.1 Å². The lowest BCUT2D eigenvalue weighted by Gasteiger charge is -2.33. The van der Waals surface area contributed by atoms with Gasteiger partial charge in [-0.3, -0.25) is 9.59 Å². The molecule has 2 aromatic heterocycles. The first-order valence-electron chi connectivity index (χ1n) is 12.8. The van der Waals surface area contributed by atoms with E-state index in [4.69, 9.17) is 4.74 Å². The maximum atomic E-state index is 12.8. The van der Waals surface area contributed by atoms with Gasteiger partial charge in [0, 0.05) is 11.9 Å². The molecule has 2 N–H and O–H groups in total. The SMILES string of the molecule is COc1ccc(CC(=O)NCc2nnc(SCC(=O)Nc3sc4c(c3C#N)CC[C@H](C(C)(C)C)C4)n2C)cc1. The molecule has 1 aliphatic rings. The third-order valence-electron chi connectivity index (χ3n) is 7.08. The molecule has 2 amide bonds. The van der Waals surface area contributed by atoms with E-state index < -0.39 is 0 Å². The van der Waals surface area contributed by atoms with Gasteiger partial charge in [-0.25, -0.2) is 0 Å².